The highest BCUT2D eigenvalue weighted by Crippen LogP contribution is 2.35. The monoisotopic (exact) mass is 432 g/mol. The van der Waals surface area contributed by atoms with Crippen molar-refractivity contribution in [2.24, 2.45) is 4.99 Å². The van der Waals surface area contributed by atoms with Gasteiger partial charge in [0.05, 0.1) is 15.7 Å². The average Bonchev–Trinajstić information content (AvgIpc) is 2.65. The van der Waals surface area contributed by atoms with Gasteiger partial charge in [-0.05, 0) is 42.7 Å². The lowest BCUT2D eigenvalue weighted by Gasteiger charge is -2.24. The minimum absolute atomic E-state index is 0.134. The van der Waals surface area contributed by atoms with E-state index in [2.05, 4.69) is 22.0 Å². The Kier molecular flexibility index (Phi) is 8.86. The number of hydrogen-bond donors (Lipinski definition) is 1. The summed E-state index contributed by atoms with van der Waals surface area (Å²) in [5.74, 6) is 1.14. The van der Waals surface area contributed by atoms with E-state index in [9.17, 15) is 5.11 Å². The first-order valence-corrected chi connectivity index (χ1v) is 10.1. The van der Waals surface area contributed by atoms with E-state index in [1.165, 1.54) is 0 Å². The van der Waals surface area contributed by atoms with Gasteiger partial charge in [0.2, 0.25) is 0 Å². The highest BCUT2D eigenvalue weighted by molar-refractivity contribution is 6.37. The Balaban J connectivity index is 2.10. The molecule has 0 radical (unpaired) electrons. The fourth-order valence-corrected chi connectivity index (χ4v) is 3.13. The van der Waals surface area contributed by atoms with Gasteiger partial charge in [-0.2, -0.15) is 0 Å². The van der Waals surface area contributed by atoms with Gasteiger partial charge in [-0.25, -0.2) is 0 Å². The van der Waals surface area contributed by atoms with Crippen LogP contribution in [0.2, 0.25) is 10.0 Å². The van der Waals surface area contributed by atoms with Gasteiger partial charge in [0.1, 0.15) is 0 Å². The number of phenolic OH excluding ortho intramolecular Hbond substituents is 1. The van der Waals surface area contributed by atoms with Crippen LogP contribution in [-0.2, 0) is 0 Å². The van der Waals surface area contributed by atoms with Crippen molar-refractivity contribution in [1.29, 1.82) is 0 Å². The van der Waals surface area contributed by atoms with Gasteiger partial charge in [-0.1, -0.05) is 35.3 Å². The molecule has 0 saturated heterocycles. The van der Waals surface area contributed by atoms with Gasteiger partial charge in [-0.15, -0.1) is 23.2 Å². The minimum Gasteiger partial charge on any atom is -0.505 e. The Morgan fingerprint density at radius 2 is 1.46 bits per heavy atom. The topological polar surface area (TPSA) is 35.8 Å². The van der Waals surface area contributed by atoms with E-state index in [0.717, 1.165) is 37.2 Å². The first-order valence-electron chi connectivity index (χ1n) is 8.24. The van der Waals surface area contributed by atoms with E-state index < -0.39 is 0 Å². The number of phenols is 1. The number of hydrogen-bond acceptors (Lipinski definition) is 3. The molecule has 7 heteroatoms. The Morgan fingerprint density at radius 1 is 0.923 bits per heavy atom. The van der Waals surface area contributed by atoms with Crippen LogP contribution in [0.25, 0.3) is 0 Å². The molecule has 0 spiro atoms. The Hall–Kier alpha value is -1.13. The number of aromatic hydroxyl groups is 1. The molecule has 3 nitrogen and oxygen atoms in total. The molecule has 0 aliphatic heterocycles. The lowest BCUT2D eigenvalue weighted by molar-refractivity contribution is 0.476. The summed E-state index contributed by atoms with van der Waals surface area (Å²) in [5.41, 5.74) is 2.66. The minimum atomic E-state index is -0.134. The van der Waals surface area contributed by atoms with Crippen molar-refractivity contribution in [3.63, 3.8) is 0 Å². The summed E-state index contributed by atoms with van der Waals surface area (Å²) < 4.78 is 0. The maximum Gasteiger partial charge on any atom is 0.152 e. The van der Waals surface area contributed by atoms with Crippen molar-refractivity contribution >= 4 is 64.0 Å². The van der Waals surface area contributed by atoms with Crippen molar-refractivity contribution in [2.75, 3.05) is 29.7 Å². The second-order valence-corrected chi connectivity index (χ2v) is 7.25. The molecule has 0 aliphatic rings. The highest BCUT2D eigenvalue weighted by Gasteiger charge is 2.07. The van der Waals surface area contributed by atoms with Crippen molar-refractivity contribution in [2.45, 2.75) is 12.8 Å². The molecule has 26 heavy (non-hydrogen) atoms. The van der Waals surface area contributed by atoms with E-state index in [1.807, 2.05) is 12.1 Å². The van der Waals surface area contributed by atoms with E-state index in [1.54, 1.807) is 18.3 Å². The molecular weight excluding hydrogens is 414 g/mol. The summed E-state index contributed by atoms with van der Waals surface area (Å²) in [6.45, 7) is 1.80. The molecule has 0 atom stereocenters. The smallest absolute Gasteiger partial charge is 0.152 e. The van der Waals surface area contributed by atoms with Gasteiger partial charge in [0, 0.05) is 36.8 Å². The van der Waals surface area contributed by atoms with Crippen LogP contribution in [0.4, 0.5) is 11.4 Å². The predicted octanol–water partition coefficient (Wildman–Crippen LogP) is 6.51. The lowest BCUT2D eigenvalue weighted by atomic mass is 10.2. The van der Waals surface area contributed by atoms with Crippen molar-refractivity contribution < 1.29 is 5.11 Å². The molecule has 2 aromatic rings. The molecule has 0 unspecified atom stereocenters. The third kappa shape index (κ3) is 6.24. The molecular formula is C19H20Cl4N2O. The van der Waals surface area contributed by atoms with Crippen LogP contribution < -0.4 is 4.90 Å². The summed E-state index contributed by atoms with van der Waals surface area (Å²) in [6, 6.07) is 11.2. The van der Waals surface area contributed by atoms with E-state index in [-0.39, 0.29) is 15.8 Å². The molecule has 140 valence electrons. The van der Waals surface area contributed by atoms with Crippen molar-refractivity contribution in [3.8, 4) is 5.75 Å². The first kappa shape index (κ1) is 21.2. The number of halogens is 4. The second-order valence-electron chi connectivity index (χ2n) is 5.68. The number of aliphatic imine (C=N–C) groups is 1. The molecule has 0 saturated carbocycles. The lowest BCUT2D eigenvalue weighted by Crippen LogP contribution is -2.26. The summed E-state index contributed by atoms with van der Waals surface area (Å²) in [4.78, 5) is 6.64. The summed E-state index contributed by atoms with van der Waals surface area (Å²) in [6.07, 6.45) is 3.58. The highest BCUT2D eigenvalue weighted by atomic mass is 35.5. The molecule has 0 amide bonds. The zero-order chi connectivity index (χ0) is 18.9. The standard InChI is InChI=1S/C19H20Cl4N2O/c20-7-1-9-25(10-2-8-21)16-5-3-14(4-6-16)13-24-15-11-17(22)19(26)18(23)12-15/h3-6,11-13,26H,1-2,7-10H2. The fraction of sp³-hybridized carbons (Fsp3) is 0.316. The number of anilines is 1. The van der Waals surface area contributed by atoms with Crippen LogP contribution in [0.5, 0.6) is 5.75 Å². The quantitative estimate of drug-likeness (QED) is 0.361. The number of benzene rings is 2. The van der Waals surface area contributed by atoms with Crippen LogP contribution >= 0.6 is 46.4 Å². The van der Waals surface area contributed by atoms with E-state index in [0.29, 0.717) is 17.4 Å². The Bertz CT molecular complexity index is 704. The summed E-state index contributed by atoms with van der Waals surface area (Å²) in [5, 5.41) is 9.94. The maximum absolute atomic E-state index is 9.58. The molecule has 0 fully saturated rings. The van der Waals surface area contributed by atoms with Crippen LogP contribution in [0.3, 0.4) is 0 Å². The number of alkyl halides is 2. The Labute approximate surface area is 174 Å². The van der Waals surface area contributed by atoms with Gasteiger partial charge < -0.3 is 10.0 Å². The largest absolute Gasteiger partial charge is 0.505 e. The molecule has 2 aromatic carbocycles. The van der Waals surface area contributed by atoms with Crippen LogP contribution in [0.15, 0.2) is 41.4 Å². The molecule has 0 aliphatic carbocycles. The number of rotatable bonds is 9. The van der Waals surface area contributed by atoms with Gasteiger partial charge >= 0.3 is 0 Å². The zero-order valence-corrected chi connectivity index (χ0v) is 17.2. The predicted molar refractivity (Wildman–Crippen MR) is 115 cm³/mol. The molecule has 0 bridgehead atoms. The van der Waals surface area contributed by atoms with Crippen molar-refractivity contribution in [1.82, 2.24) is 0 Å². The van der Waals surface area contributed by atoms with E-state index in [4.69, 9.17) is 46.4 Å². The van der Waals surface area contributed by atoms with Crippen LogP contribution in [-0.4, -0.2) is 36.2 Å². The molecule has 2 rings (SSSR count). The second kappa shape index (κ2) is 10.9. The Morgan fingerprint density at radius 3 is 1.96 bits per heavy atom. The van der Waals surface area contributed by atoms with Gasteiger partial charge in [0.25, 0.3) is 0 Å². The third-order valence-corrected chi connectivity index (χ3v) is 4.86. The fourth-order valence-electron chi connectivity index (χ4n) is 2.42. The molecule has 0 heterocycles. The first-order chi connectivity index (χ1) is 12.5. The third-order valence-electron chi connectivity index (χ3n) is 3.75. The summed E-state index contributed by atoms with van der Waals surface area (Å²) >= 11 is 23.5. The maximum atomic E-state index is 9.58. The molecule has 1 N–H and O–H groups in total. The zero-order valence-electron chi connectivity index (χ0n) is 14.1. The van der Waals surface area contributed by atoms with Crippen LogP contribution in [0, 0.1) is 0 Å². The SMILES string of the molecule is Oc1c(Cl)cc(N=Cc2ccc(N(CCCCl)CCCCl)cc2)cc1Cl. The van der Waals surface area contributed by atoms with Gasteiger partial charge in [-0.3, -0.25) is 4.99 Å². The summed E-state index contributed by atoms with van der Waals surface area (Å²) in [7, 11) is 0. The van der Waals surface area contributed by atoms with Crippen molar-refractivity contribution in [3.05, 3.63) is 52.0 Å². The van der Waals surface area contributed by atoms with E-state index >= 15 is 0 Å². The normalized spacial score (nSPS) is 11.2. The van der Waals surface area contributed by atoms with Gasteiger partial charge in [0.15, 0.2) is 5.75 Å². The average molecular weight is 434 g/mol. The number of nitrogens with zero attached hydrogens (tertiary/aromatic N) is 2. The van der Waals surface area contributed by atoms with Crippen LogP contribution in [0.1, 0.15) is 18.4 Å². The molecule has 0 aromatic heterocycles.